The zero-order chi connectivity index (χ0) is 13.7. The molecule has 0 aromatic heterocycles. The summed E-state index contributed by atoms with van der Waals surface area (Å²) in [5.41, 5.74) is 6.57. The first-order valence-electron chi connectivity index (χ1n) is 5.69. The summed E-state index contributed by atoms with van der Waals surface area (Å²) in [5, 5.41) is 1.22. The van der Waals surface area contributed by atoms with Crippen LogP contribution in [-0.4, -0.2) is 20.8 Å². The van der Waals surface area contributed by atoms with Gasteiger partial charge in [-0.25, -0.2) is 0 Å². The third-order valence-electron chi connectivity index (χ3n) is 1.65. The minimum Gasteiger partial charge on any atom is -0.388 e. The summed E-state index contributed by atoms with van der Waals surface area (Å²) in [4.78, 5) is 0. The van der Waals surface area contributed by atoms with Crippen molar-refractivity contribution in [2.24, 2.45) is 5.73 Å². The van der Waals surface area contributed by atoms with Crippen molar-refractivity contribution in [1.29, 1.82) is 0 Å². The summed E-state index contributed by atoms with van der Waals surface area (Å²) in [6.45, 7) is 4.71. The molecule has 1 aromatic carbocycles. The molecule has 0 amide bonds. The Morgan fingerprint density at radius 1 is 1.12 bits per heavy atom. The molecule has 0 aliphatic rings. The molecular formula is C13H23Cl2NO. The van der Waals surface area contributed by atoms with E-state index in [1.165, 1.54) is 5.56 Å². The van der Waals surface area contributed by atoms with Crippen LogP contribution in [-0.2, 0) is 11.2 Å². The fourth-order valence-electron chi connectivity index (χ4n) is 1.00. The van der Waals surface area contributed by atoms with E-state index in [-0.39, 0.29) is 0 Å². The molecule has 4 heteroatoms. The Labute approximate surface area is 115 Å². The highest BCUT2D eigenvalue weighted by Crippen LogP contribution is 2.22. The van der Waals surface area contributed by atoms with Crippen molar-refractivity contribution in [3.63, 3.8) is 0 Å². The van der Waals surface area contributed by atoms with Crippen LogP contribution < -0.4 is 5.73 Å². The van der Waals surface area contributed by atoms with Crippen molar-refractivity contribution in [2.45, 2.75) is 26.7 Å². The van der Waals surface area contributed by atoms with Crippen LogP contribution in [0.3, 0.4) is 0 Å². The Morgan fingerprint density at radius 2 is 1.65 bits per heavy atom. The van der Waals surface area contributed by atoms with E-state index in [1.807, 2.05) is 32.0 Å². The van der Waals surface area contributed by atoms with E-state index in [0.717, 1.165) is 12.8 Å². The van der Waals surface area contributed by atoms with Crippen LogP contribution in [0.25, 0.3) is 0 Å². The van der Waals surface area contributed by atoms with Gasteiger partial charge in [0, 0.05) is 14.2 Å². The molecule has 0 heterocycles. The van der Waals surface area contributed by atoms with Gasteiger partial charge in [-0.2, -0.15) is 0 Å². The van der Waals surface area contributed by atoms with Gasteiger partial charge >= 0.3 is 0 Å². The first-order valence-corrected chi connectivity index (χ1v) is 6.45. The molecule has 0 saturated heterocycles. The maximum Gasteiger partial charge on any atom is 0.0595 e. The van der Waals surface area contributed by atoms with E-state index >= 15 is 0 Å². The van der Waals surface area contributed by atoms with Crippen LogP contribution in [0, 0.1) is 0 Å². The van der Waals surface area contributed by atoms with Gasteiger partial charge in [0.15, 0.2) is 0 Å². The molecule has 100 valence electrons. The Bertz CT molecular complexity index is 280. The average Bonchev–Trinajstić information content (AvgIpc) is 2.34. The molecule has 1 rings (SSSR count). The molecule has 0 fully saturated rings. The minimum absolute atomic E-state index is 0.605. The summed E-state index contributed by atoms with van der Waals surface area (Å²) in [6.07, 6.45) is 1.95. The lowest BCUT2D eigenvalue weighted by atomic mass is 10.1. The first-order chi connectivity index (χ1) is 8.15. The number of nitrogens with two attached hydrogens (primary N) is 1. The Kier molecular flexibility index (Phi) is 15.5. The summed E-state index contributed by atoms with van der Waals surface area (Å²) >= 11 is 11.6. The summed E-state index contributed by atoms with van der Waals surface area (Å²) in [5.74, 6) is 0. The third-order valence-corrected chi connectivity index (χ3v) is 2.39. The minimum atomic E-state index is 0.605. The van der Waals surface area contributed by atoms with Gasteiger partial charge in [-0.1, -0.05) is 43.1 Å². The number of hydrogen-bond acceptors (Lipinski definition) is 2. The van der Waals surface area contributed by atoms with Crippen molar-refractivity contribution < 1.29 is 4.74 Å². The predicted molar refractivity (Wildman–Crippen MR) is 78.1 cm³/mol. The van der Waals surface area contributed by atoms with Crippen LogP contribution in [0.4, 0.5) is 0 Å². The van der Waals surface area contributed by atoms with Gasteiger partial charge in [-0.05, 0) is 37.1 Å². The summed E-state index contributed by atoms with van der Waals surface area (Å²) < 4.78 is 4.25. The molecule has 0 spiro atoms. The van der Waals surface area contributed by atoms with E-state index in [1.54, 1.807) is 14.2 Å². The molecule has 0 atom stereocenters. The van der Waals surface area contributed by atoms with Crippen molar-refractivity contribution >= 4 is 23.2 Å². The Morgan fingerprint density at radius 3 is 2.06 bits per heavy atom. The molecule has 0 radical (unpaired) electrons. The van der Waals surface area contributed by atoms with Crippen LogP contribution >= 0.6 is 23.2 Å². The summed E-state index contributed by atoms with van der Waals surface area (Å²) in [7, 11) is 3.25. The van der Waals surface area contributed by atoms with E-state index in [0.29, 0.717) is 16.6 Å². The zero-order valence-corrected chi connectivity index (χ0v) is 12.6. The molecule has 0 aliphatic carbocycles. The lowest BCUT2D eigenvalue weighted by molar-refractivity contribution is 0.277. The van der Waals surface area contributed by atoms with Gasteiger partial charge in [0.25, 0.3) is 0 Å². The largest absolute Gasteiger partial charge is 0.388 e. The van der Waals surface area contributed by atoms with Gasteiger partial charge < -0.3 is 10.5 Å². The Hall–Kier alpha value is -0.280. The standard InChI is InChI=1S/C9H11Cl2N.C2H6O.C2H6/c10-8-4-3-7(2-1-5-12)6-9(8)11;1-3-2;1-2/h3-4,6H,1-2,5,12H2;1-2H3;1-2H3. The lowest BCUT2D eigenvalue weighted by Gasteiger charge is -2.01. The van der Waals surface area contributed by atoms with E-state index in [9.17, 15) is 0 Å². The maximum absolute atomic E-state index is 5.83. The van der Waals surface area contributed by atoms with Crippen molar-refractivity contribution in [1.82, 2.24) is 0 Å². The highest BCUT2D eigenvalue weighted by molar-refractivity contribution is 6.42. The quantitative estimate of drug-likeness (QED) is 0.901. The molecule has 0 unspecified atom stereocenters. The number of ether oxygens (including phenoxy) is 1. The second kappa shape index (κ2) is 13.8. The molecular weight excluding hydrogens is 257 g/mol. The van der Waals surface area contributed by atoms with E-state index in [4.69, 9.17) is 28.9 Å². The smallest absolute Gasteiger partial charge is 0.0595 e. The topological polar surface area (TPSA) is 35.2 Å². The SMILES string of the molecule is CC.COC.NCCCc1ccc(Cl)c(Cl)c1. The predicted octanol–water partition coefficient (Wildman–Crippen LogP) is 4.17. The fourth-order valence-corrected chi connectivity index (χ4v) is 1.32. The third kappa shape index (κ3) is 10.6. The summed E-state index contributed by atoms with van der Waals surface area (Å²) in [6, 6.07) is 5.68. The number of hydrogen-bond donors (Lipinski definition) is 1. The maximum atomic E-state index is 5.83. The van der Waals surface area contributed by atoms with Gasteiger partial charge in [-0.3, -0.25) is 0 Å². The number of aryl methyl sites for hydroxylation is 1. The molecule has 17 heavy (non-hydrogen) atoms. The molecule has 0 aliphatic heterocycles. The number of methoxy groups -OCH3 is 1. The van der Waals surface area contributed by atoms with Gasteiger partial charge in [0.2, 0.25) is 0 Å². The van der Waals surface area contributed by atoms with Gasteiger partial charge in [0.05, 0.1) is 10.0 Å². The van der Waals surface area contributed by atoms with Crippen LogP contribution in [0.15, 0.2) is 18.2 Å². The highest BCUT2D eigenvalue weighted by Gasteiger charge is 1.98. The first kappa shape index (κ1) is 19.1. The van der Waals surface area contributed by atoms with Crippen molar-refractivity contribution in [2.75, 3.05) is 20.8 Å². The zero-order valence-electron chi connectivity index (χ0n) is 11.1. The second-order valence-corrected chi connectivity index (χ2v) is 3.86. The van der Waals surface area contributed by atoms with E-state index in [2.05, 4.69) is 4.74 Å². The van der Waals surface area contributed by atoms with Crippen molar-refractivity contribution in [3.05, 3.63) is 33.8 Å². The highest BCUT2D eigenvalue weighted by atomic mass is 35.5. The van der Waals surface area contributed by atoms with Crippen molar-refractivity contribution in [3.8, 4) is 0 Å². The molecule has 2 N–H and O–H groups in total. The Balaban J connectivity index is 0. The lowest BCUT2D eigenvalue weighted by Crippen LogP contribution is -2.00. The van der Waals surface area contributed by atoms with Crippen LogP contribution in [0.2, 0.25) is 10.0 Å². The molecule has 0 saturated carbocycles. The average molecular weight is 280 g/mol. The van der Waals surface area contributed by atoms with E-state index < -0.39 is 0 Å². The van der Waals surface area contributed by atoms with Gasteiger partial charge in [0.1, 0.15) is 0 Å². The molecule has 0 bridgehead atoms. The number of halogens is 2. The molecule has 2 nitrogen and oxygen atoms in total. The fraction of sp³-hybridized carbons (Fsp3) is 0.538. The monoisotopic (exact) mass is 279 g/mol. The normalized spacial score (nSPS) is 8.65. The number of benzene rings is 1. The van der Waals surface area contributed by atoms with Crippen LogP contribution in [0.1, 0.15) is 25.8 Å². The van der Waals surface area contributed by atoms with Crippen LogP contribution in [0.5, 0.6) is 0 Å². The number of rotatable bonds is 3. The molecule has 1 aromatic rings. The van der Waals surface area contributed by atoms with Gasteiger partial charge in [-0.15, -0.1) is 0 Å². The second-order valence-electron chi connectivity index (χ2n) is 3.05.